The van der Waals surface area contributed by atoms with Gasteiger partial charge in [0.25, 0.3) is 5.56 Å². The Morgan fingerprint density at radius 2 is 1.94 bits per heavy atom. The Hall–Kier alpha value is -1.56. The summed E-state index contributed by atoms with van der Waals surface area (Å²) >= 11 is 0. The molecule has 1 aromatic rings. The first-order valence-corrected chi connectivity index (χ1v) is 6.45. The Labute approximate surface area is 106 Å². The minimum atomic E-state index is -0.238. The molecule has 0 unspecified atom stereocenters. The maximum Gasteiger partial charge on any atom is 0.259 e. The largest absolute Gasteiger partial charge is 0.493 e. The van der Waals surface area contributed by atoms with Gasteiger partial charge in [0.2, 0.25) is 11.8 Å². The second-order valence-corrected chi connectivity index (χ2v) is 4.47. The molecule has 2 rings (SSSR count). The van der Waals surface area contributed by atoms with Gasteiger partial charge in [0.05, 0.1) is 5.56 Å². The molecule has 6 nitrogen and oxygen atoms in total. The summed E-state index contributed by atoms with van der Waals surface area (Å²) in [6.45, 7) is 8.55. The predicted octanol–water partition coefficient (Wildman–Crippen LogP) is 0.180. The van der Waals surface area contributed by atoms with Crippen LogP contribution in [-0.4, -0.2) is 52.7 Å². The molecule has 0 atom stereocenters. The van der Waals surface area contributed by atoms with Crippen molar-refractivity contribution in [3.05, 3.63) is 15.9 Å². The van der Waals surface area contributed by atoms with Gasteiger partial charge in [-0.2, -0.15) is 4.98 Å². The van der Waals surface area contributed by atoms with Gasteiger partial charge in [-0.15, -0.1) is 0 Å². The van der Waals surface area contributed by atoms with Crippen molar-refractivity contribution in [1.82, 2.24) is 14.9 Å². The zero-order valence-electron chi connectivity index (χ0n) is 10.9. The minimum Gasteiger partial charge on any atom is -0.493 e. The lowest BCUT2D eigenvalue weighted by atomic mass is 10.2. The van der Waals surface area contributed by atoms with Gasteiger partial charge in [0.1, 0.15) is 0 Å². The zero-order chi connectivity index (χ0) is 13.1. The summed E-state index contributed by atoms with van der Waals surface area (Å²) in [6, 6.07) is 0. The van der Waals surface area contributed by atoms with Crippen molar-refractivity contribution in [2.24, 2.45) is 0 Å². The van der Waals surface area contributed by atoms with Gasteiger partial charge >= 0.3 is 0 Å². The highest BCUT2D eigenvalue weighted by atomic mass is 16.3. The van der Waals surface area contributed by atoms with Crippen molar-refractivity contribution >= 4 is 5.95 Å². The van der Waals surface area contributed by atoms with Crippen LogP contribution in [0.15, 0.2) is 4.79 Å². The van der Waals surface area contributed by atoms with Gasteiger partial charge in [-0.05, 0) is 13.0 Å². The summed E-state index contributed by atoms with van der Waals surface area (Å²) in [5.74, 6) is 0.333. The number of aromatic hydroxyl groups is 1. The van der Waals surface area contributed by atoms with E-state index in [9.17, 15) is 9.90 Å². The molecule has 0 amide bonds. The third-order valence-electron chi connectivity index (χ3n) is 3.45. The summed E-state index contributed by atoms with van der Waals surface area (Å²) in [5.41, 5.74) is 0.115. The van der Waals surface area contributed by atoms with Crippen LogP contribution in [0, 0.1) is 0 Å². The quantitative estimate of drug-likeness (QED) is 0.803. The number of anilines is 1. The summed E-state index contributed by atoms with van der Waals surface area (Å²) < 4.78 is 0. The van der Waals surface area contributed by atoms with Crippen LogP contribution in [0.2, 0.25) is 0 Å². The molecule has 100 valence electrons. The number of piperazine rings is 1. The summed E-state index contributed by atoms with van der Waals surface area (Å²) in [6.07, 6.45) is 0.484. The van der Waals surface area contributed by atoms with E-state index >= 15 is 0 Å². The van der Waals surface area contributed by atoms with Crippen LogP contribution >= 0.6 is 0 Å². The fourth-order valence-electron chi connectivity index (χ4n) is 2.22. The monoisotopic (exact) mass is 252 g/mol. The van der Waals surface area contributed by atoms with Crippen LogP contribution in [0.25, 0.3) is 0 Å². The Morgan fingerprint density at radius 1 is 1.28 bits per heavy atom. The second kappa shape index (κ2) is 5.39. The number of nitrogens with one attached hydrogen (secondary N) is 1. The van der Waals surface area contributed by atoms with Crippen molar-refractivity contribution in [2.75, 3.05) is 37.6 Å². The Bertz CT molecular complexity index is 464. The Morgan fingerprint density at radius 3 is 2.44 bits per heavy atom. The van der Waals surface area contributed by atoms with Gasteiger partial charge in [0, 0.05) is 26.2 Å². The average Bonchev–Trinajstić information content (AvgIpc) is 2.38. The van der Waals surface area contributed by atoms with E-state index in [0.717, 1.165) is 32.7 Å². The van der Waals surface area contributed by atoms with Crippen LogP contribution in [0.5, 0.6) is 5.88 Å². The number of nitrogens with zero attached hydrogens (tertiary/aromatic N) is 3. The third-order valence-corrected chi connectivity index (χ3v) is 3.45. The number of hydrogen-bond acceptors (Lipinski definition) is 5. The first kappa shape index (κ1) is 12.9. The normalized spacial score (nSPS) is 17.1. The van der Waals surface area contributed by atoms with Gasteiger partial charge in [-0.3, -0.25) is 9.78 Å². The lowest BCUT2D eigenvalue weighted by molar-refractivity contribution is 0.269. The zero-order valence-corrected chi connectivity index (χ0v) is 10.9. The number of rotatable bonds is 3. The van der Waals surface area contributed by atoms with E-state index in [1.54, 1.807) is 0 Å². The molecule has 0 aliphatic carbocycles. The van der Waals surface area contributed by atoms with E-state index in [0.29, 0.717) is 17.9 Å². The van der Waals surface area contributed by atoms with Crippen LogP contribution in [0.1, 0.15) is 19.4 Å². The molecule has 0 radical (unpaired) electrons. The van der Waals surface area contributed by atoms with Gasteiger partial charge < -0.3 is 14.9 Å². The smallest absolute Gasteiger partial charge is 0.259 e. The van der Waals surface area contributed by atoms with Crippen molar-refractivity contribution in [3.63, 3.8) is 0 Å². The molecule has 0 saturated carbocycles. The molecule has 0 bridgehead atoms. The summed E-state index contributed by atoms with van der Waals surface area (Å²) in [7, 11) is 0. The van der Waals surface area contributed by atoms with E-state index in [1.807, 2.05) is 11.8 Å². The number of likely N-dealkylation sites (N-methyl/N-ethyl adjacent to an activating group) is 1. The SMILES string of the molecule is CCc1c(O)nc(N2CCN(CC)CC2)[nH]c1=O. The number of aromatic nitrogens is 2. The number of aromatic amines is 1. The van der Waals surface area contributed by atoms with E-state index in [2.05, 4.69) is 21.8 Å². The van der Waals surface area contributed by atoms with Crippen LogP contribution < -0.4 is 10.5 Å². The Balaban J connectivity index is 2.18. The number of hydrogen-bond donors (Lipinski definition) is 2. The summed E-state index contributed by atoms with van der Waals surface area (Å²) in [5, 5.41) is 9.73. The van der Waals surface area contributed by atoms with E-state index < -0.39 is 0 Å². The van der Waals surface area contributed by atoms with Gasteiger partial charge in [0.15, 0.2) is 0 Å². The van der Waals surface area contributed by atoms with E-state index in [1.165, 1.54) is 0 Å². The molecule has 0 aromatic carbocycles. The topological polar surface area (TPSA) is 72.5 Å². The van der Waals surface area contributed by atoms with Crippen molar-refractivity contribution in [2.45, 2.75) is 20.3 Å². The Kier molecular flexibility index (Phi) is 3.86. The maximum absolute atomic E-state index is 11.8. The van der Waals surface area contributed by atoms with Crippen molar-refractivity contribution in [3.8, 4) is 5.88 Å². The minimum absolute atomic E-state index is 0.144. The molecule has 0 spiro atoms. The van der Waals surface area contributed by atoms with Gasteiger partial charge in [-0.25, -0.2) is 0 Å². The molecule has 1 aromatic heterocycles. The first-order valence-electron chi connectivity index (χ1n) is 6.45. The number of H-pyrrole nitrogens is 1. The van der Waals surface area contributed by atoms with Crippen molar-refractivity contribution < 1.29 is 5.11 Å². The van der Waals surface area contributed by atoms with Gasteiger partial charge in [-0.1, -0.05) is 13.8 Å². The maximum atomic E-state index is 11.8. The molecular formula is C12H20N4O2. The van der Waals surface area contributed by atoms with E-state index in [-0.39, 0.29) is 11.4 Å². The molecule has 1 aliphatic rings. The molecule has 1 saturated heterocycles. The predicted molar refractivity (Wildman–Crippen MR) is 70.2 cm³/mol. The second-order valence-electron chi connectivity index (χ2n) is 4.47. The fraction of sp³-hybridized carbons (Fsp3) is 0.667. The van der Waals surface area contributed by atoms with Crippen LogP contribution in [0.3, 0.4) is 0 Å². The van der Waals surface area contributed by atoms with Crippen LogP contribution in [0.4, 0.5) is 5.95 Å². The van der Waals surface area contributed by atoms with E-state index in [4.69, 9.17) is 0 Å². The van der Waals surface area contributed by atoms with Crippen LogP contribution in [-0.2, 0) is 6.42 Å². The third kappa shape index (κ3) is 2.48. The lowest BCUT2D eigenvalue weighted by Gasteiger charge is -2.34. The molecule has 1 fully saturated rings. The molecule has 6 heteroatoms. The molecular weight excluding hydrogens is 232 g/mol. The highest BCUT2D eigenvalue weighted by Crippen LogP contribution is 2.15. The molecule has 2 heterocycles. The standard InChI is InChI=1S/C12H20N4O2/c1-3-9-10(17)13-12(14-11(9)18)16-7-5-15(4-2)6-8-16/h3-8H2,1-2H3,(H2,13,14,17,18). The first-order chi connectivity index (χ1) is 8.65. The van der Waals surface area contributed by atoms with Crippen molar-refractivity contribution in [1.29, 1.82) is 0 Å². The highest BCUT2D eigenvalue weighted by Gasteiger charge is 2.19. The molecule has 2 N–H and O–H groups in total. The fourth-order valence-corrected chi connectivity index (χ4v) is 2.22. The molecule has 18 heavy (non-hydrogen) atoms. The summed E-state index contributed by atoms with van der Waals surface area (Å²) in [4.78, 5) is 22.9. The average molecular weight is 252 g/mol. The highest BCUT2D eigenvalue weighted by molar-refractivity contribution is 5.36. The molecule has 1 aliphatic heterocycles. The lowest BCUT2D eigenvalue weighted by Crippen LogP contribution is -2.47.